The smallest absolute Gasteiger partial charge is 0.119 e. The minimum absolute atomic E-state index is 0.377. The molecule has 1 saturated heterocycles. The van der Waals surface area contributed by atoms with E-state index >= 15 is 0 Å². The van der Waals surface area contributed by atoms with E-state index < -0.39 is 0 Å². The van der Waals surface area contributed by atoms with Crippen molar-refractivity contribution in [2.45, 2.75) is 19.3 Å². The first-order valence-corrected chi connectivity index (χ1v) is 5.51. The first-order chi connectivity index (χ1) is 6.88. The molecule has 1 aromatic rings. The molecule has 0 spiro atoms. The lowest BCUT2D eigenvalue weighted by Crippen LogP contribution is -2.48. The second-order valence-electron chi connectivity index (χ2n) is 3.26. The van der Waals surface area contributed by atoms with Gasteiger partial charge in [0.05, 0.1) is 25.0 Å². The molecule has 1 aromatic heterocycles. The number of hydrogen-bond acceptors (Lipinski definition) is 5. The third kappa shape index (κ3) is 2.51. The molecule has 14 heavy (non-hydrogen) atoms. The fourth-order valence-corrected chi connectivity index (χ4v) is 1.94. The van der Waals surface area contributed by atoms with Crippen LogP contribution in [0.15, 0.2) is 5.38 Å². The lowest BCUT2D eigenvalue weighted by Gasteiger charge is -2.26. The maximum Gasteiger partial charge on any atom is 0.119 e. The molecule has 4 nitrogen and oxygen atoms in total. The van der Waals surface area contributed by atoms with Crippen LogP contribution in [-0.2, 0) is 22.7 Å². The van der Waals surface area contributed by atoms with Crippen molar-refractivity contribution in [3.05, 3.63) is 16.1 Å². The SMILES string of the molecule is COCc1nc(COC2CNC2)cs1. The summed E-state index contributed by atoms with van der Waals surface area (Å²) in [7, 11) is 1.68. The summed E-state index contributed by atoms with van der Waals surface area (Å²) in [4.78, 5) is 4.38. The largest absolute Gasteiger partial charge is 0.378 e. The minimum Gasteiger partial charge on any atom is -0.378 e. The molecule has 1 N–H and O–H groups in total. The van der Waals surface area contributed by atoms with Gasteiger partial charge in [-0.25, -0.2) is 4.98 Å². The van der Waals surface area contributed by atoms with E-state index in [9.17, 15) is 0 Å². The maximum atomic E-state index is 5.60. The van der Waals surface area contributed by atoms with Gasteiger partial charge in [-0.05, 0) is 0 Å². The predicted octanol–water partition coefficient (Wildman–Crippen LogP) is 0.778. The van der Waals surface area contributed by atoms with E-state index in [1.165, 1.54) is 0 Å². The Morgan fingerprint density at radius 2 is 2.43 bits per heavy atom. The van der Waals surface area contributed by atoms with E-state index in [0.717, 1.165) is 23.8 Å². The summed E-state index contributed by atoms with van der Waals surface area (Å²) in [5, 5.41) is 6.20. The fourth-order valence-electron chi connectivity index (χ4n) is 1.19. The van der Waals surface area contributed by atoms with Gasteiger partial charge in [-0.15, -0.1) is 11.3 Å². The van der Waals surface area contributed by atoms with Gasteiger partial charge < -0.3 is 14.8 Å². The number of rotatable bonds is 5. The third-order valence-electron chi connectivity index (χ3n) is 2.08. The second kappa shape index (κ2) is 4.84. The van der Waals surface area contributed by atoms with Crippen LogP contribution in [0.1, 0.15) is 10.7 Å². The zero-order valence-electron chi connectivity index (χ0n) is 8.16. The molecule has 0 aromatic carbocycles. The molecule has 2 heterocycles. The van der Waals surface area contributed by atoms with Crippen LogP contribution in [0.2, 0.25) is 0 Å². The Labute approximate surface area is 87.3 Å². The summed E-state index contributed by atoms with van der Waals surface area (Å²) >= 11 is 1.62. The summed E-state index contributed by atoms with van der Waals surface area (Å²) in [5.74, 6) is 0. The molecule has 0 saturated carbocycles. The number of nitrogens with zero attached hydrogens (tertiary/aromatic N) is 1. The van der Waals surface area contributed by atoms with Gasteiger partial charge in [0.2, 0.25) is 0 Å². The van der Waals surface area contributed by atoms with Crippen LogP contribution in [0, 0.1) is 0 Å². The second-order valence-corrected chi connectivity index (χ2v) is 4.20. The molecular formula is C9H14N2O2S. The van der Waals surface area contributed by atoms with Gasteiger partial charge in [0.15, 0.2) is 0 Å². The molecule has 0 unspecified atom stereocenters. The normalized spacial score (nSPS) is 16.9. The molecule has 0 atom stereocenters. The van der Waals surface area contributed by atoms with Gasteiger partial charge in [-0.1, -0.05) is 0 Å². The van der Waals surface area contributed by atoms with Gasteiger partial charge in [0.1, 0.15) is 5.01 Å². The summed E-state index contributed by atoms with van der Waals surface area (Å²) in [6.07, 6.45) is 0.377. The molecule has 78 valence electrons. The van der Waals surface area contributed by atoms with E-state index in [4.69, 9.17) is 9.47 Å². The monoisotopic (exact) mass is 214 g/mol. The summed E-state index contributed by atoms with van der Waals surface area (Å²) < 4.78 is 10.6. The zero-order valence-corrected chi connectivity index (χ0v) is 8.97. The first-order valence-electron chi connectivity index (χ1n) is 4.63. The van der Waals surface area contributed by atoms with E-state index in [0.29, 0.717) is 19.3 Å². The van der Waals surface area contributed by atoms with E-state index in [1.807, 2.05) is 5.38 Å². The van der Waals surface area contributed by atoms with Crippen LogP contribution in [-0.4, -0.2) is 31.3 Å². The van der Waals surface area contributed by atoms with E-state index in [2.05, 4.69) is 10.3 Å². The molecule has 1 aliphatic heterocycles. The van der Waals surface area contributed by atoms with Crippen molar-refractivity contribution in [3.8, 4) is 0 Å². The third-order valence-corrected chi connectivity index (χ3v) is 2.95. The van der Waals surface area contributed by atoms with Crippen molar-refractivity contribution in [3.63, 3.8) is 0 Å². The number of aromatic nitrogens is 1. The highest BCUT2D eigenvalue weighted by molar-refractivity contribution is 7.09. The molecule has 5 heteroatoms. The maximum absolute atomic E-state index is 5.60. The standard InChI is InChI=1S/C9H14N2O2S/c1-12-5-9-11-7(6-14-9)4-13-8-2-10-3-8/h6,8,10H,2-5H2,1H3. The van der Waals surface area contributed by atoms with E-state index in [1.54, 1.807) is 18.4 Å². The molecule has 0 bridgehead atoms. The quantitative estimate of drug-likeness (QED) is 0.786. The average Bonchev–Trinajstić information content (AvgIpc) is 2.51. The van der Waals surface area contributed by atoms with E-state index in [-0.39, 0.29) is 0 Å². The topological polar surface area (TPSA) is 43.4 Å². The van der Waals surface area contributed by atoms with Gasteiger partial charge in [0, 0.05) is 25.6 Å². The van der Waals surface area contributed by atoms with Crippen LogP contribution in [0.4, 0.5) is 0 Å². The number of ether oxygens (including phenoxy) is 2. The van der Waals surface area contributed by atoms with Crippen LogP contribution >= 0.6 is 11.3 Å². The molecule has 1 fully saturated rings. The lowest BCUT2D eigenvalue weighted by molar-refractivity contribution is 0.00615. The Morgan fingerprint density at radius 1 is 1.57 bits per heavy atom. The highest BCUT2D eigenvalue weighted by Gasteiger charge is 2.17. The van der Waals surface area contributed by atoms with Crippen molar-refractivity contribution in [2.75, 3.05) is 20.2 Å². The van der Waals surface area contributed by atoms with Crippen molar-refractivity contribution in [1.29, 1.82) is 0 Å². The van der Waals surface area contributed by atoms with Gasteiger partial charge in [0.25, 0.3) is 0 Å². The highest BCUT2D eigenvalue weighted by atomic mass is 32.1. The van der Waals surface area contributed by atoms with Crippen molar-refractivity contribution >= 4 is 11.3 Å². The number of thiazole rings is 1. The minimum atomic E-state index is 0.377. The molecule has 0 amide bonds. The number of nitrogens with one attached hydrogen (secondary N) is 1. The molecule has 0 radical (unpaired) electrons. The molecule has 0 aliphatic carbocycles. The van der Waals surface area contributed by atoms with Crippen LogP contribution in [0.25, 0.3) is 0 Å². The van der Waals surface area contributed by atoms with Gasteiger partial charge in [-0.2, -0.15) is 0 Å². The molecule has 2 rings (SSSR count). The van der Waals surface area contributed by atoms with Gasteiger partial charge in [-0.3, -0.25) is 0 Å². The van der Waals surface area contributed by atoms with Gasteiger partial charge >= 0.3 is 0 Å². The van der Waals surface area contributed by atoms with Crippen LogP contribution < -0.4 is 5.32 Å². The van der Waals surface area contributed by atoms with Crippen LogP contribution in [0.3, 0.4) is 0 Å². The van der Waals surface area contributed by atoms with Crippen molar-refractivity contribution in [2.24, 2.45) is 0 Å². The highest BCUT2D eigenvalue weighted by Crippen LogP contribution is 2.12. The number of hydrogen-bond donors (Lipinski definition) is 1. The summed E-state index contributed by atoms with van der Waals surface area (Å²) in [5.41, 5.74) is 1.01. The number of methoxy groups -OCH3 is 1. The molecular weight excluding hydrogens is 200 g/mol. The van der Waals surface area contributed by atoms with Crippen molar-refractivity contribution in [1.82, 2.24) is 10.3 Å². The predicted molar refractivity (Wildman–Crippen MR) is 54.3 cm³/mol. The van der Waals surface area contributed by atoms with Crippen LogP contribution in [0.5, 0.6) is 0 Å². The average molecular weight is 214 g/mol. The fraction of sp³-hybridized carbons (Fsp3) is 0.667. The van der Waals surface area contributed by atoms with Crippen molar-refractivity contribution < 1.29 is 9.47 Å². The Morgan fingerprint density at radius 3 is 3.07 bits per heavy atom. The lowest BCUT2D eigenvalue weighted by atomic mass is 10.2. The summed E-state index contributed by atoms with van der Waals surface area (Å²) in [6, 6.07) is 0. The Kier molecular flexibility index (Phi) is 3.47. The Hall–Kier alpha value is -0.490. The Balaban J connectivity index is 1.77. The molecule has 1 aliphatic rings. The summed E-state index contributed by atoms with van der Waals surface area (Å²) in [6.45, 7) is 3.15. The Bertz CT molecular complexity index is 286. The zero-order chi connectivity index (χ0) is 9.80. The first kappa shape index (κ1) is 10.0.